The van der Waals surface area contributed by atoms with Crippen LogP contribution in [0.5, 0.6) is 0 Å². The maximum Gasteiger partial charge on any atom is 0.133 e. The molecule has 0 N–H and O–H groups in total. The second-order valence-corrected chi connectivity index (χ2v) is 17.9. The van der Waals surface area contributed by atoms with E-state index in [1.165, 1.54) is 143 Å². The highest BCUT2D eigenvalue weighted by Gasteiger charge is 2.50. The van der Waals surface area contributed by atoms with Gasteiger partial charge in [-0.15, -0.1) is 0 Å². The molecule has 52 heavy (non-hydrogen) atoms. The monoisotopic (exact) mass is 702 g/mol. The summed E-state index contributed by atoms with van der Waals surface area (Å²) in [6.07, 6.45) is 28.2. The fraction of sp³-hybridized carbons (Fsp3) is 0.617. The van der Waals surface area contributed by atoms with Crippen LogP contribution < -0.4 is 4.90 Å². The minimum absolute atomic E-state index is 0.183. The highest BCUT2D eigenvalue weighted by Crippen LogP contribution is 2.58. The molecule has 280 valence electrons. The predicted molar refractivity (Wildman–Crippen MR) is 219 cm³/mol. The van der Waals surface area contributed by atoms with E-state index in [4.69, 9.17) is 16.7 Å². The van der Waals surface area contributed by atoms with Crippen LogP contribution in [-0.4, -0.2) is 38.8 Å². The number of allylic oxidation sites excluding steroid dienone is 2. The molecule has 1 aromatic carbocycles. The Labute approximate surface area is 316 Å². The number of anilines is 1. The van der Waals surface area contributed by atoms with Gasteiger partial charge in [0.15, 0.2) is 0 Å². The van der Waals surface area contributed by atoms with Crippen molar-refractivity contribution in [2.75, 3.05) is 18.0 Å². The van der Waals surface area contributed by atoms with E-state index < -0.39 is 0 Å². The maximum absolute atomic E-state index is 5.03. The summed E-state index contributed by atoms with van der Waals surface area (Å²) >= 11 is 0. The first-order valence-corrected chi connectivity index (χ1v) is 21.1. The Bertz CT molecular complexity index is 1690. The van der Waals surface area contributed by atoms with Crippen molar-refractivity contribution in [2.45, 2.75) is 161 Å². The van der Waals surface area contributed by atoms with E-state index in [0.717, 1.165) is 24.8 Å². The van der Waals surface area contributed by atoms with E-state index in [0.29, 0.717) is 16.7 Å². The first-order chi connectivity index (χ1) is 25.1. The highest BCUT2D eigenvalue weighted by molar-refractivity contribution is 5.66. The van der Waals surface area contributed by atoms with Crippen LogP contribution in [0.25, 0.3) is 11.1 Å². The Kier molecular flexibility index (Phi) is 10.8. The summed E-state index contributed by atoms with van der Waals surface area (Å²) in [6.45, 7) is 22.2. The standard InChI is InChI=1S/C39H52N4.C8H15N/c1-5-31-12-13-35(24-29(31)2)39-20-17-38(18-21-39,19-22-39)28-42(30(3)32-10-7-6-8-11-32)36-25-33(14-23-40-36)34-26-41-43(27-34)37(4)15-9-16-37;1-4-8-5-6-9(8)7(2)3/h12-14,23-27,32H,3,5-11,15-22,28H2,1-2,4H3;8H,2,4-6H2,1,3H3/t;8-/m.1/s1. The summed E-state index contributed by atoms with van der Waals surface area (Å²) in [5.41, 5.74) is 10.4. The van der Waals surface area contributed by atoms with E-state index in [9.17, 15) is 0 Å². The molecule has 9 rings (SSSR count). The van der Waals surface area contributed by atoms with Crippen molar-refractivity contribution in [3.05, 3.63) is 90.2 Å². The Hall–Kier alpha value is -3.34. The van der Waals surface area contributed by atoms with Gasteiger partial charge in [-0.2, -0.15) is 5.10 Å². The van der Waals surface area contributed by atoms with Gasteiger partial charge in [0.1, 0.15) is 5.82 Å². The summed E-state index contributed by atoms with van der Waals surface area (Å²) in [6, 6.07) is 12.7. The molecule has 6 aliphatic rings. The number of likely N-dealkylation sites (tertiary alicyclic amines) is 1. The number of fused-ring (bicyclic) bond motifs is 3. The predicted octanol–water partition coefficient (Wildman–Crippen LogP) is 11.9. The Morgan fingerprint density at radius 2 is 1.62 bits per heavy atom. The number of benzene rings is 1. The van der Waals surface area contributed by atoms with Gasteiger partial charge in [0, 0.05) is 48.5 Å². The molecule has 3 aromatic rings. The van der Waals surface area contributed by atoms with Crippen LogP contribution in [0.15, 0.2) is 73.5 Å². The van der Waals surface area contributed by atoms with Crippen LogP contribution in [0, 0.1) is 18.3 Å². The summed E-state index contributed by atoms with van der Waals surface area (Å²) < 4.78 is 2.21. The van der Waals surface area contributed by atoms with Crippen molar-refractivity contribution >= 4 is 5.82 Å². The van der Waals surface area contributed by atoms with Crippen molar-refractivity contribution in [3.8, 4) is 11.1 Å². The fourth-order valence-corrected chi connectivity index (χ4v) is 10.5. The molecule has 0 radical (unpaired) electrons. The average Bonchev–Trinajstić information content (AvgIpc) is 3.65. The molecule has 2 aromatic heterocycles. The minimum Gasteiger partial charge on any atom is -0.372 e. The smallest absolute Gasteiger partial charge is 0.133 e. The maximum atomic E-state index is 5.03. The van der Waals surface area contributed by atoms with Crippen LogP contribution >= 0.6 is 0 Å². The molecule has 5 aliphatic carbocycles. The molecule has 0 amide bonds. The fourth-order valence-electron chi connectivity index (χ4n) is 10.5. The number of aryl methyl sites for hydroxylation is 2. The summed E-state index contributed by atoms with van der Waals surface area (Å²) in [4.78, 5) is 9.99. The topological polar surface area (TPSA) is 37.2 Å². The molecule has 3 heterocycles. The zero-order chi connectivity index (χ0) is 36.5. The van der Waals surface area contributed by atoms with Gasteiger partial charge in [-0.1, -0.05) is 64.5 Å². The number of rotatable bonds is 11. The number of nitrogens with zero attached hydrogens (tertiary/aromatic N) is 5. The highest BCUT2D eigenvalue weighted by atomic mass is 15.3. The molecule has 5 heteroatoms. The molecular formula is C47H67N5. The van der Waals surface area contributed by atoms with Crippen LogP contribution in [0.1, 0.15) is 147 Å². The van der Waals surface area contributed by atoms with Gasteiger partial charge in [0.25, 0.3) is 0 Å². The molecule has 5 nitrogen and oxygen atoms in total. The lowest BCUT2D eigenvalue weighted by molar-refractivity contribution is 0.0459. The molecule has 1 saturated heterocycles. The van der Waals surface area contributed by atoms with Crippen LogP contribution in [0.2, 0.25) is 0 Å². The van der Waals surface area contributed by atoms with Crippen molar-refractivity contribution in [2.24, 2.45) is 11.3 Å². The van der Waals surface area contributed by atoms with Crippen molar-refractivity contribution in [3.63, 3.8) is 0 Å². The Balaban J connectivity index is 0.000000410. The first-order valence-electron chi connectivity index (χ1n) is 21.1. The van der Waals surface area contributed by atoms with E-state index >= 15 is 0 Å². The average molecular weight is 702 g/mol. The Morgan fingerprint density at radius 3 is 2.17 bits per heavy atom. The van der Waals surface area contributed by atoms with Crippen LogP contribution in [-0.2, 0) is 17.4 Å². The van der Waals surface area contributed by atoms with Gasteiger partial charge in [0.05, 0.1) is 11.7 Å². The van der Waals surface area contributed by atoms with E-state index in [1.54, 1.807) is 5.56 Å². The van der Waals surface area contributed by atoms with Gasteiger partial charge in [0.2, 0.25) is 0 Å². The van der Waals surface area contributed by atoms with E-state index in [-0.39, 0.29) is 5.54 Å². The Morgan fingerprint density at radius 1 is 0.885 bits per heavy atom. The zero-order valence-electron chi connectivity index (χ0n) is 33.4. The lowest BCUT2D eigenvalue weighted by Gasteiger charge is -2.55. The third-order valence-electron chi connectivity index (χ3n) is 14.7. The number of aromatic nitrogens is 3. The van der Waals surface area contributed by atoms with Gasteiger partial charge in [-0.05, 0) is 162 Å². The molecule has 0 unspecified atom stereocenters. The third-order valence-corrected chi connectivity index (χ3v) is 14.7. The second-order valence-electron chi connectivity index (χ2n) is 17.9. The number of hydrogen-bond donors (Lipinski definition) is 0. The van der Waals surface area contributed by atoms with Crippen LogP contribution in [0.4, 0.5) is 5.82 Å². The summed E-state index contributed by atoms with van der Waals surface area (Å²) in [7, 11) is 0. The normalized spacial score (nSPS) is 26.5. The SMILES string of the molecule is C=C(C)N1CC[C@H]1CC.C=C(C1CCCCC1)N(CC12CCC(c3ccc(CC)c(C)c3)(CC1)CC2)c1cc(-c2cnn(C3(C)CCC3)c2)ccn1. The third kappa shape index (κ3) is 7.27. The van der Waals surface area contributed by atoms with E-state index in [1.807, 2.05) is 6.20 Å². The quantitative estimate of drug-likeness (QED) is 0.199. The molecule has 2 bridgehead atoms. The minimum atomic E-state index is 0.183. The molecule has 5 saturated carbocycles. The van der Waals surface area contributed by atoms with Crippen molar-refractivity contribution in [1.29, 1.82) is 0 Å². The number of hydrogen-bond acceptors (Lipinski definition) is 4. The van der Waals surface area contributed by atoms with Gasteiger partial charge in [-0.25, -0.2) is 4.98 Å². The van der Waals surface area contributed by atoms with Crippen molar-refractivity contribution in [1.82, 2.24) is 19.7 Å². The second kappa shape index (κ2) is 15.2. The van der Waals surface area contributed by atoms with Gasteiger partial charge in [-0.3, -0.25) is 4.68 Å². The van der Waals surface area contributed by atoms with Crippen LogP contribution in [0.3, 0.4) is 0 Å². The van der Waals surface area contributed by atoms with Gasteiger partial charge < -0.3 is 9.80 Å². The molecular weight excluding hydrogens is 635 g/mol. The first kappa shape index (κ1) is 37.0. The lowest BCUT2D eigenvalue weighted by Crippen LogP contribution is -2.49. The number of pyridine rings is 1. The van der Waals surface area contributed by atoms with Gasteiger partial charge >= 0.3 is 0 Å². The largest absolute Gasteiger partial charge is 0.372 e. The molecule has 1 atom stereocenters. The summed E-state index contributed by atoms with van der Waals surface area (Å²) in [5.74, 6) is 1.65. The molecule has 0 spiro atoms. The summed E-state index contributed by atoms with van der Waals surface area (Å²) in [5, 5.41) is 4.80. The van der Waals surface area contributed by atoms with E-state index in [2.05, 4.69) is 98.4 Å². The lowest BCUT2D eigenvalue weighted by atomic mass is 9.51. The zero-order valence-corrected chi connectivity index (χ0v) is 33.4. The van der Waals surface area contributed by atoms with Crippen molar-refractivity contribution < 1.29 is 0 Å². The molecule has 1 aliphatic heterocycles. The molecule has 6 fully saturated rings.